The van der Waals surface area contributed by atoms with Crippen molar-refractivity contribution < 1.29 is 0 Å². The van der Waals surface area contributed by atoms with Crippen molar-refractivity contribution in [3.05, 3.63) is 65.6 Å². The van der Waals surface area contributed by atoms with Gasteiger partial charge in [-0.25, -0.2) is 0 Å². The molecule has 0 spiro atoms. The molecule has 77 valence electrons. The second kappa shape index (κ2) is 3.49. The Balaban J connectivity index is 2.12. The molecule has 0 bridgehead atoms. The van der Waals surface area contributed by atoms with E-state index in [9.17, 15) is 0 Å². The molecule has 0 aliphatic carbocycles. The Labute approximate surface area is 94.4 Å². The Kier molecular flexibility index (Phi) is 2.00. The molecular formula is C14H11N2. The van der Waals surface area contributed by atoms with Crippen LogP contribution in [0.5, 0.6) is 0 Å². The quantitative estimate of drug-likeness (QED) is 0.717. The first-order valence-corrected chi connectivity index (χ1v) is 5.21. The molecule has 2 nitrogen and oxygen atoms in total. The molecule has 0 fully saturated rings. The van der Waals surface area contributed by atoms with Crippen LogP contribution in [0.1, 0.15) is 11.1 Å². The van der Waals surface area contributed by atoms with Crippen LogP contribution in [0.4, 0.5) is 11.4 Å². The Morgan fingerprint density at radius 2 is 1.50 bits per heavy atom. The van der Waals surface area contributed by atoms with Gasteiger partial charge in [0, 0.05) is 11.9 Å². The number of nitrogens with zero attached hydrogens (tertiary/aromatic N) is 1. The zero-order valence-corrected chi connectivity index (χ0v) is 8.72. The summed E-state index contributed by atoms with van der Waals surface area (Å²) in [6.07, 6.45) is 1.89. The van der Waals surface area contributed by atoms with Gasteiger partial charge in [0.2, 0.25) is 0 Å². The first-order valence-electron chi connectivity index (χ1n) is 5.21. The number of rotatable bonds is 1. The van der Waals surface area contributed by atoms with Crippen molar-refractivity contribution in [2.24, 2.45) is 4.99 Å². The van der Waals surface area contributed by atoms with Crippen molar-refractivity contribution in [2.45, 2.75) is 0 Å². The number of benzene rings is 2. The van der Waals surface area contributed by atoms with Crippen molar-refractivity contribution in [1.82, 2.24) is 0 Å². The van der Waals surface area contributed by atoms with E-state index >= 15 is 0 Å². The molecule has 1 radical (unpaired) electrons. The molecule has 2 aromatic carbocycles. The van der Waals surface area contributed by atoms with Gasteiger partial charge in [-0.2, -0.15) is 0 Å². The van der Waals surface area contributed by atoms with Gasteiger partial charge in [-0.05, 0) is 23.3 Å². The van der Waals surface area contributed by atoms with Crippen LogP contribution in [-0.4, -0.2) is 6.21 Å². The molecule has 0 aromatic heterocycles. The predicted molar refractivity (Wildman–Crippen MR) is 66.9 cm³/mol. The predicted octanol–water partition coefficient (Wildman–Crippen LogP) is 2.96. The summed E-state index contributed by atoms with van der Waals surface area (Å²) in [6, 6.07) is 16.0. The van der Waals surface area contributed by atoms with Crippen molar-refractivity contribution >= 4 is 17.6 Å². The summed E-state index contributed by atoms with van der Waals surface area (Å²) in [5, 5.41) is 0. The highest BCUT2D eigenvalue weighted by Gasteiger charge is 2.22. The Hall–Kier alpha value is -2.09. The SMILES string of the molecule is Nc1ccccc1[C]1C=Nc2ccccc21. The second-order valence-electron chi connectivity index (χ2n) is 3.78. The van der Waals surface area contributed by atoms with Gasteiger partial charge in [0.25, 0.3) is 0 Å². The van der Waals surface area contributed by atoms with Crippen LogP contribution in [0.2, 0.25) is 0 Å². The molecular weight excluding hydrogens is 196 g/mol. The molecule has 16 heavy (non-hydrogen) atoms. The van der Waals surface area contributed by atoms with Crippen LogP contribution < -0.4 is 5.73 Å². The van der Waals surface area contributed by atoms with Crippen molar-refractivity contribution in [1.29, 1.82) is 0 Å². The summed E-state index contributed by atoms with van der Waals surface area (Å²) in [5.74, 6) is 1.11. The first kappa shape index (κ1) is 9.16. The van der Waals surface area contributed by atoms with Gasteiger partial charge in [-0.15, -0.1) is 0 Å². The number of nitrogens with two attached hydrogens (primary N) is 1. The molecule has 0 saturated carbocycles. The molecule has 0 amide bonds. The van der Waals surface area contributed by atoms with Gasteiger partial charge in [0.05, 0.1) is 11.6 Å². The minimum atomic E-state index is 0.792. The largest absolute Gasteiger partial charge is 0.398 e. The van der Waals surface area contributed by atoms with E-state index < -0.39 is 0 Å². The third kappa shape index (κ3) is 1.31. The van der Waals surface area contributed by atoms with E-state index in [-0.39, 0.29) is 0 Å². The highest BCUT2D eigenvalue weighted by molar-refractivity contribution is 5.97. The van der Waals surface area contributed by atoms with Crippen molar-refractivity contribution in [2.75, 3.05) is 5.73 Å². The van der Waals surface area contributed by atoms with E-state index in [0.29, 0.717) is 0 Å². The van der Waals surface area contributed by atoms with Crippen LogP contribution in [0.25, 0.3) is 0 Å². The standard InChI is InChI=1S/C14H11N2/c15-13-7-3-1-5-10(13)12-9-16-14-8-4-2-6-11(12)14/h1-9H,15H2. The van der Waals surface area contributed by atoms with E-state index in [0.717, 1.165) is 28.4 Å². The van der Waals surface area contributed by atoms with Crippen LogP contribution in [0.15, 0.2) is 53.5 Å². The normalized spacial score (nSPS) is 14.0. The van der Waals surface area contributed by atoms with Crippen LogP contribution >= 0.6 is 0 Å². The monoisotopic (exact) mass is 207 g/mol. The van der Waals surface area contributed by atoms with Crippen LogP contribution in [0.3, 0.4) is 0 Å². The fourth-order valence-electron chi connectivity index (χ4n) is 1.97. The van der Waals surface area contributed by atoms with E-state index in [4.69, 9.17) is 5.73 Å². The number of aliphatic imine (C=N–C) groups is 1. The maximum Gasteiger partial charge on any atom is 0.0784 e. The first-order chi connectivity index (χ1) is 7.86. The zero-order chi connectivity index (χ0) is 11.0. The Bertz CT molecular complexity index is 558. The number of fused-ring (bicyclic) bond motifs is 1. The molecule has 3 rings (SSSR count). The highest BCUT2D eigenvalue weighted by atomic mass is 14.8. The maximum absolute atomic E-state index is 5.98. The zero-order valence-electron chi connectivity index (χ0n) is 8.72. The minimum absolute atomic E-state index is 0.792. The number of para-hydroxylation sites is 2. The minimum Gasteiger partial charge on any atom is -0.398 e. The lowest BCUT2D eigenvalue weighted by Crippen LogP contribution is -2.03. The van der Waals surface area contributed by atoms with Gasteiger partial charge in [0.1, 0.15) is 0 Å². The van der Waals surface area contributed by atoms with Crippen LogP contribution in [0, 0.1) is 5.92 Å². The second-order valence-corrected chi connectivity index (χ2v) is 3.78. The molecule has 0 unspecified atom stereocenters. The lowest BCUT2D eigenvalue weighted by Gasteiger charge is -2.11. The topological polar surface area (TPSA) is 38.4 Å². The number of hydrogen-bond donors (Lipinski definition) is 1. The number of anilines is 1. The summed E-state index contributed by atoms with van der Waals surface area (Å²) in [7, 11) is 0. The summed E-state index contributed by atoms with van der Waals surface area (Å²) in [4.78, 5) is 4.38. The average molecular weight is 207 g/mol. The molecule has 1 aliphatic rings. The van der Waals surface area contributed by atoms with E-state index in [2.05, 4.69) is 11.1 Å². The number of hydrogen-bond acceptors (Lipinski definition) is 2. The highest BCUT2D eigenvalue weighted by Crippen LogP contribution is 2.36. The van der Waals surface area contributed by atoms with Gasteiger partial charge >= 0.3 is 0 Å². The van der Waals surface area contributed by atoms with E-state index in [1.165, 1.54) is 0 Å². The third-order valence-corrected chi connectivity index (χ3v) is 2.78. The van der Waals surface area contributed by atoms with Crippen molar-refractivity contribution in [3.63, 3.8) is 0 Å². The summed E-state index contributed by atoms with van der Waals surface area (Å²) < 4.78 is 0. The van der Waals surface area contributed by atoms with Crippen LogP contribution in [-0.2, 0) is 0 Å². The summed E-state index contributed by atoms with van der Waals surface area (Å²) in [6.45, 7) is 0. The fraction of sp³-hybridized carbons (Fsp3) is 0. The molecule has 2 aromatic rings. The van der Waals surface area contributed by atoms with E-state index in [1.807, 2.05) is 48.7 Å². The maximum atomic E-state index is 5.98. The average Bonchev–Trinajstić information content (AvgIpc) is 2.74. The van der Waals surface area contributed by atoms with Gasteiger partial charge in [0.15, 0.2) is 0 Å². The molecule has 1 aliphatic heterocycles. The van der Waals surface area contributed by atoms with Gasteiger partial charge < -0.3 is 5.73 Å². The third-order valence-electron chi connectivity index (χ3n) is 2.78. The lowest BCUT2D eigenvalue weighted by molar-refractivity contribution is 1.39. The molecule has 2 N–H and O–H groups in total. The summed E-state index contributed by atoms with van der Waals surface area (Å²) in [5.41, 5.74) is 9.99. The van der Waals surface area contributed by atoms with E-state index in [1.54, 1.807) is 0 Å². The molecule has 0 saturated heterocycles. The number of nitrogen functional groups attached to an aromatic ring is 1. The van der Waals surface area contributed by atoms with Crippen molar-refractivity contribution in [3.8, 4) is 0 Å². The molecule has 2 heteroatoms. The van der Waals surface area contributed by atoms with Gasteiger partial charge in [-0.3, -0.25) is 4.99 Å². The Morgan fingerprint density at radius 3 is 2.31 bits per heavy atom. The lowest BCUT2D eigenvalue weighted by atomic mass is 9.92. The fourth-order valence-corrected chi connectivity index (χ4v) is 1.97. The molecule has 1 heterocycles. The molecule has 0 atom stereocenters. The van der Waals surface area contributed by atoms with Gasteiger partial charge in [-0.1, -0.05) is 36.4 Å². The Morgan fingerprint density at radius 1 is 0.812 bits per heavy atom. The smallest absolute Gasteiger partial charge is 0.0784 e. The summed E-state index contributed by atoms with van der Waals surface area (Å²) >= 11 is 0.